The van der Waals surface area contributed by atoms with Crippen LogP contribution < -0.4 is 0 Å². The summed E-state index contributed by atoms with van der Waals surface area (Å²) in [6.45, 7) is 3.93. The third kappa shape index (κ3) is 36.7. The molecule has 0 rings (SSSR count). The van der Waals surface area contributed by atoms with E-state index in [-0.39, 0.29) is 25.2 Å². The Morgan fingerprint density at radius 2 is 0.896 bits per heavy atom. The fourth-order valence-electron chi connectivity index (χ4n) is 5.60. The molecule has 5 heteroatoms. The number of carbonyl (C=O) groups is 2. The van der Waals surface area contributed by atoms with Gasteiger partial charge in [0.05, 0.1) is 6.61 Å². The summed E-state index contributed by atoms with van der Waals surface area (Å²) >= 11 is 0. The lowest BCUT2D eigenvalue weighted by Crippen LogP contribution is -2.28. The molecule has 0 saturated heterocycles. The van der Waals surface area contributed by atoms with Crippen LogP contribution in [0, 0.1) is 0 Å². The maximum atomic E-state index is 12.1. The van der Waals surface area contributed by atoms with Gasteiger partial charge in [0, 0.05) is 12.8 Å². The maximum Gasteiger partial charge on any atom is 0.306 e. The van der Waals surface area contributed by atoms with E-state index in [4.69, 9.17) is 9.47 Å². The SMILES string of the molecule is CC/C=C\C/C=C\C/C=C\C/C=C\CCCCCCCCCCCCCCCCCCC(=O)OC(CO)COC(=O)CCCCCCC. The number of aliphatic hydroxyl groups excluding tert-OH is 1. The highest BCUT2D eigenvalue weighted by molar-refractivity contribution is 5.70. The molecule has 0 saturated carbocycles. The molecule has 0 aromatic rings. The van der Waals surface area contributed by atoms with Crippen molar-refractivity contribution in [2.24, 2.45) is 0 Å². The van der Waals surface area contributed by atoms with Crippen LogP contribution in [0.25, 0.3) is 0 Å². The molecule has 0 bridgehead atoms. The first-order valence-electron chi connectivity index (χ1n) is 20.2. The highest BCUT2D eigenvalue weighted by Crippen LogP contribution is 2.15. The van der Waals surface area contributed by atoms with Crippen molar-refractivity contribution in [2.75, 3.05) is 13.2 Å². The van der Waals surface area contributed by atoms with Crippen molar-refractivity contribution >= 4 is 11.9 Å². The first-order chi connectivity index (χ1) is 23.6. The van der Waals surface area contributed by atoms with E-state index in [2.05, 4.69) is 62.5 Å². The Kier molecular flexibility index (Phi) is 37.5. The molecule has 5 nitrogen and oxygen atoms in total. The van der Waals surface area contributed by atoms with Gasteiger partial charge < -0.3 is 14.6 Å². The van der Waals surface area contributed by atoms with Crippen LogP contribution in [0.2, 0.25) is 0 Å². The second kappa shape index (κ2) is 39.3. The first kappa shape index (κ1) is 45.9. The minimum Gasteiger partial charge on any atom is -0.462 e. The fraction of sp³-hybridized carbons (Fsp3) is 0.767. The fourth-order valence-corrected chi connectivity index (χ4v) is 5.60. The van der Waals surface area contributed by atoms with Gasteiger partial charge in [-0.05, 0) is 51.4 Å². The molecule has 0 aliphatic heterocycles. The van der Waals surface area contributed by atoms with Crippen molar-refractivity contribution in [3.63, 3.8) is 0 Å². The van der Waals surface area contributed by atoms with Crippen LogP contribution in [-0.2, 0) is 19.1 Å². The molecule has 0 aliphatic carbocycles. The Balaban J connectivity index is 3.42. The largest absolute Gasteiger partial charge is 0.462 e. The molecule has 0 heterocycles. The van der Waals surface area contributed by atoms with Gasteiger partial charge in [-0.15, -0.1) is 0 Å². The summed E-state index contributed by atoms with van der Waals surface area (Å²) in [6.07, 6.45) is 49.4. The van der Waals surface area contributed by atoms with E-state index < -0.39 is 6.10 Å². The number of ether oxygens (including phenoxy) is 2. The number of esters is 2. The first-order valence-corrected chi connectivity index (χ1v) is 20.2. The van der Waals surface area contributed by atoms with Crippen LogP contribution in [-0.4, -0.2) is 36.4 Å². The van der Waals surface area contributed by atoms with Crippen LogP contribution in [0.1, 0.15) is 194 Å². The van der Waals surface area contributed by atoms with E-state index in [1.165, 1.54) is 103 Å². The average molecular weight is 673 g/mol. The van der Waals surface area contributed by atoms with E-state index in [1.54, 1.807) is 0 Å². The van der Waals surface area contributed by atoms with Gasteiger partial charge in [-0.3, -0.25) is 9.59 Å². The Labute approximate surface area is 297 Å². The zero-order valence-electron chi connectivity index (χ0n) is 31.5. The minimum absolute atomic E-state index is 0.0652. The number of unbranched alkanes of at least 4 members (excludes halogenated alkanes) is 20. The molecule has 48 heavy (non-hydrogen) atoms. The van der Waals surface area contributed by atoms with Gasteiger partial charge in [0.15, 0.2) is 6.10 Å². The Morgan fingerprint density at radius 1 is 0.500 bits per heavy atom. The minimum atomic E-state index is -0.765. The Hall–Kier alpha value is -2.14. The number of carbonyl (C=O) groups excluding carboxylic acids is 2. The number of hydrogen-bond donors (Lipinski definition) is 1. The second-order valence-corrected chi connectivity index (χ2v) is 13.3. The number of aliphatic hydroxyl groups is 1. The van der Waals surface area contributed by atoms with Crippen molar-refractivity contribution in [2.45, 2.75) is 200 Å². The molecule has 1 atom stereocenters. The second-order valence-electron chi connectivity index (χ2n) is 13.3. The summed E-state index contributed by atoms with van der Waals surface area (Å²) in [5.74, 6) is -0.603. The molecule has 0 aliphatic rings. The Bertz CT molecular complexity index is 812. The smallest absolute Gasteiger partial charge is 0.306 e. The van der Waals surface area contributed by atoms with Crippen LogP contribution in [0.15, 0.2) is 48.6 Å². The quantitative estimate of drug-likeness (QED) is 0.0407. The molecule has 1 N–H and O–H groups in total. The van der Waals surface area contributed by atoms with Crippen LogP contribution in [0.5, 0.6) is 0 Å². The topological polar surface area (TPSA) is 72.8 Å². The summed E-state index contributed by atoms with van der Waals surface area (Å²) in [5.41, 5.74) is 0. The van der Waals surface area contributed by atoms with E-state index in [0.29, 0.717) is 12.8 Å². The van der Waals surface area contributed by atoms with Gasteiger partial charge in [-0.2, -0.15) is 0 Å². The monoisotopic (exact) mass is 673 g/mol. The average Bonchev–Trinajstić information content (AvgIpc) is 3.09. The van der Waals surface area contributed by atoms with E-state index in [9.17, 15) is 14.7 Å². The lowest BCUT2D eigenvalue weighted by atomic mass is 10.0. The van der Waals surface area contributed by atoms with Gasteiger partial charge in [-0.25, -0.2) is 0 Å². The summed E-state index contributed by atoms with van der Waals surface area (Å²) in [4.78, 5) is 23.9. The maximum absolute atomic E-state index is 12.1. The van der Waals surface area contributed by atoms with Gasteiger partial charge >= 0.3 is 11.9 Å². The van der Waals surface area contributed by atoms with Crippen LogP contribution >= 0.6 is 0 Å². The molecule has 0 amide bonds. The van der Waals surface area contributed by atoms with Crippen molar-refractivity contribution < 1.29 is 24.2 Å². The highest BCUT2D eigenvalue weighted by Gasteiger charge is 2.16. The summed E-state index contributed by atoms with van der Waals surface area (Å²) in [7, 11) is 0. The lowest BCUT2D eigenvalue weighted by molar-refractivity contribution is -0.161. The normalized spacial score (nSPS) is 12.6. The molecule has 0 aromatic carbocycles. The Morgan fingerprint density at radius 3 is 1.35 bits per heavy atom. The summed E-state index contributed by atoms with van der Waals surface area (Å²) in [5, 5.41) is 9.47. The summed E-state index contributed by atoms with van der Waals surface area (Å²) in [6, 6.07) is 0. The van der Waals surface area contributed by atoms with Gasteiger partial charge in [0.2, 0.25) is 0 Å². The zero-order chi connectivity index (χ0) is 35.0. The van der Waals surface area contributed by atoms with Crippen molar-refractivity contribution in [1.29, 1.82) is 0 Å². The van der Waals surface area contributed by atoms with Crippen LogP contribution in [0.4, 0.5) is 0 Å². The molecule has 1 unspecified atom stereocenters. The molecular formula is C43H76O5. The molecule has 0 radical (unpaired) electrons. The molecule has 0 spiro atoms. The highest BCUT2D eigenvalue weighted by atomic mass is 16.6. The van der Waals surface area contributed by atoms with E-state index >= 15 is 0 Å². The van der Waals surface area contributed by atoms with E-state index in [1.807, 2.05) is 0 Å². The number of rotatable bonds is 36. The number of allylic oxidation sites excluding steroid dienone is 8. The van der Waals surface area contributed by atoms with Crippen molar-refractivity contribution in [3.05, 3.63) is 48.6 Å². The molecule has 278 valence electrons. The van der Waals surface area contributed by atoms with Gasteiger partial charge in [0.25, 0.3) is 0 Å². The number of hydrogen-bond acceptors (Lipinski definition) is 5. The lowest BCUT2D eigenvalue weighted by Gasteiger charge is -2.15. The molecular weight excluding hydrogens is 596 g/mol. The predicted molar refractivity (Wildman–Crippen MR) is 205 cm³/mol. The standard InChI is InChI=1S/C43H76O5/c1-3-5-7-9-10-11-12-13-14-15-16-17-18-19-20-21-22-23-24-25-26-27-28-29-30-31-32-34-36-38-43(46)48-41(39-44)40-47-42(45)37-35-33-8-6-4-2/h5,7,10-11,13-14,16-17,41,44H,3-4,6,8-9,12,15,18-40H2,1-2H3/b7-5-,11-10-,14-13-,17-16-. The third-order valence-electron chi connectivity index (χ3n) is 8.64. The van der Waals surface area contributed by atoms with Gasteiger partial charge in [-0.1, -0.05) is 178 Å². The predicted octanol–water partition coefficient (Wildman–Crippen LogP) is 12.6. The third-order valence-corrected chi connectivity index (χ3v) is 8.64. The van der Waals surface area contributed by atoms with Gasteiger partial charge in [0.1, 0.15) is 6.61 Å². The van der Waals surface area contributed by atoms with Crippen LogP contribution in [0.3, 0.4) is 0 Å². The molecule has 0 aromatic heterocycles. The summed E-state index contributed by atoms with van der Waals surface area (Å²) < 4.78 is 10.5. The van der Waals surface area contributed by atoms with Crippen molar-refractivity contribution in [1.82, 2.24) is 0 Å². The molecule has 0 fully saturated rings. The zero-order valence-corrected chi connectivity index (χ0v) is 31.5. The van der Waals surface area contributed by atoms with E-state index in [0.717, 1.165) is 64.2 Å². The van der Waals surface area contributed by atoms with Crippen molar-refractivity contribution in [3.8, 4) is 0 Å².